The highest BCUT2D eigenvalue weighted by Crippen LogP contribution is 2.18. The Morgan fingerprint density at radius 3 is 2.41 bits per heavy atom. The van der Waals surface area contributed by atoms with Crippen LogP contribution in [0.5, 0.6) is 5.75 Å². The number of hydrogen-bond donors (Lipinski definition) is 0. The Bertz CT molecular complexity index is 381. The molecule has 0 atom stereocenters. The lowest BCUT2D eigenvalue weighted by molar-refractivity contribution is 0.261. The topological polar surface area (TPSA) is 12.5 Å². The van der Waals surface area contributed by atoms with Crippen molar-refractivity contribution in [1.82, 2.24) is 4.90 Å². The van der Waals surface area contributed by atoms with Gasteiger partial charge in [0.15, 0.2) is 0 Å². The van der Waals surface area contributed by atoms with E-state index in [1.54, 1.807) is 19.0 Å². The zero-order valence-corrected chi connectivity index (χ0v) is 9.59. The van der Waals surface area contributed by atoms with Crippen LogP contribution < -0.4 is 10.2 Å². The van der Waals surface area contributed by atoms with Crippen molar-refractivity contribution in [3.63, 3.8) is 0 Å². The fraction of sp³-hybridized carbons (Fsp3) is 0.400. The van der Waals surface area contributed by atoms with Gasteiger partial charge in [-0.25, -0.2) is 4.39 Å². The normalized spacial score (nSPS) is 11.9. The zero-order chi connectivity index (χ0) is 13.1. The van der Waals surface area contributed by atoms with Gasteiger partial charge in [-0.05, 0) is 20.2 Å². The number of rotatable bonds is 5. The second-order valence-corrected chi connectivity index (χ2v) is 3.91. The second-order valence-electron chi connectivity index (χ2n) is 3.91. The molecule has 0 N–H and O–H groups in total. The highest BCUT2D eigenvalue weighted by Gasteiger charge is 2.29. The minimum absolute atomic E-state index is 0.0790. The summed E-state index contributed by atoms with van der Waals surface area (Å²) < 4.78 is 55.7. The minimum atomic E-state index is -5.19. The molecule has 0 spiro atoms. The van der Waals surface area contributed by atoms with Crippen molar-refractivity contribution in [3.05, 3.63) is 24.0 Å². The van der Waals surface area contributed by atoms with Gasteiger partial charge >= 0.3 is 6.98 Å². The average Bonchev–Trinajstić information content (AvgIpc) is 2.15. The first-order valence-electron chi connectivity index (χ1n) is 5.07. The van der Waals surface area contributed by atoms with E-state index in [1.807, 2.05) is 0 Å². The Balaban J connectivity index is 2.84. The average molecular weight is 250 g/mol. The first kappa shape index (κ1) is 13.8. The van der Waals surface area contributed by atoms with Gasteiger partial charge in [0.25, 0.3) is 0 Å². The van der Waals surface area contributed by atoms with E-state index in [-0.39, 0.29) is 6.61 Å². The third-order valence-electron chi connectivity index (χ3n) is 2.12. The van der Waals surface area contributed by atoms with Crippen molar-refractivity contribution in [3.8, 4) is 5.75 Å². The quantitative estimate of drug-likeness (QED) is 0.583. The number of likely N-dealkylation sites (N-methyl/N-ethyl adjacent to an activating group) is 1. The number of hydrogen-bond acceptors (Lipinski definition) is 2. The molecule has 0 fully saturated rings. The van der Waals surface area contributed by atoms with Gasteiger partial charge in [0, 0.05) is 12.6 Å². The van der Waals surface area contributed by atoms with E-state index in [9.17, 15) is 17.3 Å². The smallest absolute Gasteiger partial charge is 0.495 e. The molecular formula is C10H13BF4NO-. The summed E-state index contributed by atoms with van der Waals surface area (Å²) in [6.07, 6.45) is 0. The molecule has 0 amide bonds. The lowest BCUT2D eigenvalue weighted by Crippen LogP contribution is -2.36. The van der Waals surface area contributed by atoms with Gasteiger partial charge in [-0.3, -0.25) is 0 Å². The summed E-state index contributed by atoms with van der Waals surface area (Å²) in [5.41, 5.74) is -0.898. The van der Waals surface area contributed by atoms with Crippen LogP contribution in [0.2, 0.25) is 0 Å². The molecule has 1 aromatic rings. The number of halogens is 4. The van der Waals surface area contributed by atoms with E-state index in [0.717, 1.165) is 12.1 Å². The molecule has 17 heavy (non-hydrogen) atoms. The molecule has 0 aliphatic heterocycles. The summed E-state index contributed by atoms with van der Waals surface area (Å²) in [6.45, 7) is -4.65. The fourth-order valence-corrected chi connectivity index (χ4v) is 1.24. The summed E-state index contributed by atoms with van der Waals surface area (Å²) in [7, 11) is 3.53. The molecule has 0 radical (unpaired) electrons. The molecule has 7 heteroatoms. The highest BCUT2D eigenvalue weighted by molar-refractivity contribution is 6.74. The first-order valence-corrected chi connectivity index (χ1v) is 5.07. The van der Waals surface area contributed by atoms with E-state index in [1.165, 1.54) is 0 Å². The molecule has 1 aromatic carbocycles. The van der Waals surface area contributed by atoms with Crippen molar-refractivity contribution >= 4 is 12.4 Å². The lowest BCUT2D eigenvalue weighted by Gasteiger charge is -2.20. The molecule has 1 rings (SSSR count). The number of ether oxygens (including phenoxy) is 1. The predicted molar refractivity (Wildman–Crippen MR) is 59.2 cm³/mol. The minimum Gasteiger partial charge on any atom is -0.495 e. The monoisotopic (exact) mass is 250 g/mol. The summed E-state index contributed by atoms with van der Waals surface area (Å²) >= 11 is 0. The zero-order valence-electron chi connectivity index (χ0n) is 9.59. The maximum absolute atomic E-state index is 12.9. The fourth-order valence-electron chi connectivity index (χ4n) is 1.24. The largest absolute Gasteiger partial charge is 0.513 e. The molecule has 0 saturated carbocycles. The van der Waals surface area contributed by atoms with Crippen molar-refractivity contribution in [2.45, 2.75) is 0 Å². The second kappa shape index (κ2) is 5.40. The summed E-state index contributed by atoms with van der Waals surface area (Å²) in [4.78, 5) is 1.76. The van der Waals surface area contributed by atoms with E-state index in [4.69, 9.17) is 4.74 Å². The molecule has 0 aliphatic carbocycles. The van der Waals surface area contributed by atoms with Crippen LogP contribution in [-0.4, -0.2) is 39.1 Å². The van der Waals surface area contributed by atoms with Gasteiger partial charge in [0.1, 0.15) is 12.4 Å². The van der Waals surface area contributed by atoms with Gasteiger partial charge < -0.3 is 22.6 Å². The van der Waals surface area contributed by atoms with Crippen molar-refractivity contribution in [1.29, 1.82) is 0 Å². The van der Waals surface area contributed by atoms with Gasteiger partial charge in [0.2, 0.25) is 0 Å². The number of benzene rings is 1. The lowest BCUT2D eigenvalue weighted by atomic mass is 9.79. The molecule has 0 heterocycles. The third kappa shape index (κ3) is 4.26. The van der Waals surface area contributed by atoms with E-state index in [0.29, 0.717) is 12.6 Å². The Morgan fingerprint density at radius 2 is 1.88 bits per heavy atom. The predicted octanol–water partition coefficient (Wildman–Crippen LogP) is 1.82. The first-order chi connectivity index (χ1) is 7.80. The van der Waals surface area contributed by atoms with E-state index in [2.05, 4.69) is 0 Å². The van der Waals surface area contributed by atoms with Crippen LogP contribution in [0.15, 0.2) is 18.2 Å². The van der Waals surface area contributed by atoms with E-state index < -0.39 is 24.0 Å². The Morgan fingerprint density at radius 1 is 1.24 bits per heavy atom. The van der Waals surface area contributed by atoms with Crippen LogP contribution in [0.3, 0.4) is 0 Å². The third-order valence-corrected chi connectivity index (χ3v) is 2.12. The molecule has 2 nitrogen and oxygen atoms in total. The SMILES string of the molecule is CN(C)CCOc1cc(F)ccc1[B-](F)(F)F. The van der Waals surface area contributed by atoms with Gasteiger partial charge in [0.05, 0.1) is 5.75 Å². The van der Waals surface area contributed by atoms with Gasteiger partial charge in [-0.2, -0.15) is 0 Å². The van der Waals surface area contributed by atoms with Gasteiger partial charge in [-0.15, -0.1) is 0 Å². The van der Waals surface area contributed by atoms with Crippen molar-refractivity contribution < 1.29 is 22.1 Å². The molecule has 0 bridgehead atoms. The Hall–Kier alpha value is -1.24. The van der Waals surface area contributed by atoms with Gasteiger partial charge in [-0.1, -0.05) is 11.5 Å². The summed E-state index contributed by atoms with van der Waals surface area (Å²) in [5.74, 6) is -1.19. The molecular weight excluding hydrogens is 237 g/mol. The van der Waals surface area contributed by atoms with Crippen LogP contribution in [0.4, 0.5) is 17.3 Å². The van der Waals surface area contributed by atoms with Crippen LogP contribution in [-0.2, 0) is 0 Å². The van der Waals surface area contributed by atoms with Crippen LogP contribution in [0, 0.1) is 5.82 Å². The molecule has 0 saturated heterocycles. The molecule has 0 aliphatic rings. The Kier molecular flexibility index (Phi) is 4.39. The maximum atomic E-state index is 12.9. The Labute approximate surface area is 97.2 Å². The van der Waals surface area contributed by atoms with E-state index >= 15 is 0 Å². The number of nitrogens with zero attached hydrogens (tertiary/aromatic N) is 1. The molecule has 0 unspecified atom stereocenters. The highest BCUT2D eigenvalue weighted by atomic mass is 19.4. The summed E-state index contributed by atoms with van der Waals surface area (Å²) in [6, 6.07) is 2.25. The molecule has 0 aromatic heterocycles. The maximum Gasteiger partial charge on any atom is 0.513 e. The van der Waals surface area contributed by atoms with Crippen molar-refractivity contribution in [2.24, 2.45) is 0 Å². The van der Waals surface area contributed by atoms with Crippen LogP contribution in [0.25, 0.3) is 0 Å². The van der Waals surface area contributed by atoms with Crippen LogP contribution in [0.1, 0.15) is 0 Å². The standard InChI is InChI=1S/C10H13BF4NO/c1-16(2)5-6-17-10-7-8(12)3-4-9(10)11(13,14)15/h3-4,7H,5-6H2,1-2H3/q-1. The van der Waals surface area contributed by atoms with Crippen molar-refractivity contribution in [2.75, 3.05) is 27.2 Å². The van der Waals surface area contributed by atoms with Crippen LogP contribution >= 0.6 is 0 Å². The molecule has 96 valence electrons. The summed E-state index contributed by atoms with van der Waals surface area (Å²) in [5, 5.41) is 0.